The Bertz CT molecular complexity index is 391. The van der Waals surface area contributed by atoms with Crippen LogP contribution in [0.3, 0.4) is 0 Å². The fraction of sp³-hybridized carbons (Fsp3) is 0.250. The lowest BCUT2D eigenvalue weighted by Crippen LogP contribution is -2.01. The second-order valence-corrected chi connectivity index (χ2v) is 3.37. The molecule has 0 atom stereocenters. The monoisotopic (exact) mass is 188 g/mol. The summed E-state index contributed by atoms with van der Waals surface area (Å²) in [7, 11) is 1.65. The van der Waals surface area contributed by atoms with Crippen LogP contribution in [0.25, 0.3) is 6.08 Å². The molecule has 2 rings (SSSR count). The average molecular weight is 188 g/mol. The number of ether oxygens (including phenoxy) is 1. The summed E-state index contributed by atoms with van der Waals surface area (Å²) in [5.41, 5.74) is 3.17. The average Bonchev–Trinajstić information content (AvgIpc) is 2.27. The van der Waals surface area contributed by atoms with Crippen LogP contribution in [0.1, 0.15) is 17.5 Å². The maximum absolute atomic E-state index is 10.7. The van der Waals surface area contributed by atoms with E-state index >= 15 is 0 Å². The van der Waals surface area contributed by atoms with Gasteiger partial charge in [-0.3, -0.25) is 4.79 Å². The molecule has 0 saturated heterocycles. The highest BCUT2D eigenvalue weighted by Crippen LogP contribution is 2.30. The topological polar surface area (TPSA) is 26.3 Å². The molecular weight excluding hydrogens is 176 g/mol. The van der Waals surface area contributed by atoms with Crippen molar-refractivity contribution in [2.24, 2.45) is 0 Å². The first-order valence-electron chi connectivity index (χ1n) is 4.67. The molecule has 1 aromatic carbocycles. The van der Waals surface area contributed by atoms with Crippen molar-refractivity contribution < 1.29 is 9.53 Å². The second kappa shape index (κ2) is 3.66. The van der Waals surface area contributed by atoms with E-state index in [-0.39, 0.29) is 0 Å². The Kier molecular flexibility index (Phi) is 2.35. The molecular formula is C12H12O2. The fourth-order valence-electron chi connectivity index (χ4n) is 1.78. The van der Waals surface area contributed by atoms with Gasteiger partial charge >= 0.3 is 0 Å². The largest absolute Gasteiger partial charge is 0.496 e. The van der Waals surface area contributed by atoms with Gasteiger partial charge in [-0.25, -0.2) is 0 Å². The summed E-state index contributed by atoms with van der Waals surface area (Å²) in [6.07, 6.45) is 4.61. The molecule has 0 bridgehead atoms. The summed E-state index contributed by atoms with van der Waals surface area (Å²) >= 11 is 0. The number of carbonyl (C=O) groups excluding carboxylic acids is 1. The van der Waals surface area contributed by atoms with Gasteiger partial charge in [0.2, 0.25) is 0 Å². The highest BCUT2D eigenvalue weighted by Gasteiger charge is 2.12. The predicted octanol–water partition coefficient (Wildman–Crippen LogP) is 2.22. The number of aryl methyl sites for hydroxylation is 1. The molecule has 0 aliphatic heterocycles. The summed E-state index contributed by atoms with van der Waals surface area (Å²) in [5.74, 6) is 0.849. The first kappa shape index (κ1) is 9.00. The predicted molar refractivity (Wildman–Crippen MR) is 55.4 cm³/mol. The lowest BCUT2D eigenvalue weighted by Gasteiger charge is -2.15. The van der Waals surface area contributed by atoms with Crippen molar-refractivity contribution in [3.63, 3.8) is 0 Å². The molecule has 72 valence electrons. The van der Waals surface area contributed by atoms with Crippen LogP contribution in [0.4, 0.5) is 0 Å². The maximum Gasteiger partial charge on any atom is 0.146 e. The molecule has 0 heterocycles. The number of hydrogen-bond acceptors (Lipinski definition) is 2. The zero-order chi connectivity index (χ0) is 9.97. The van der Waals surface area contributed by atoms with E-state index in [1.807, 2.05) is 18.2 Å². The maximum atomic E-state index is 10.7. The van der Waals surface area contributed by atoms with E-state index in [1.165, 1.54) is 5.56 Å². The van der Waals surface area contributed by atoms with Gasteiger partial charge in [-0.2, -0.15) is 0 Å². The minimum atomic E-state index is 0.837. The minimum absolute atomic E-state index is 0.837. The van der Waals surface area contributed by atoms with Gasteiger partial charge in [-0.05, 0) is 36.1 Å². The van der Waals surface area contributed by atoms with Gasteiger partial charge in [-0.15, -0.1) is 0 Å². The van der Waals surface area contributed by atoms with Crippen LogP contribution in [0.15, 0.2) is 23.8 Å². The van der Waals surface area contributed by atoms with Gasteiger partial charge in [0.1, 0.15) is 12.0 Å². The Hall–Kier alpha value is -1.57. The number of methoxy groups -OCH3 is 1. The van der Waals surface area contributed by atoms with E-state index in [1.54, 1.807) is 7.11 Å². The van der Waals surface area contributed by atoms with E-state index in [2.05, 4.69) is 6.07 Å². The molecule has 2 nitrogen and oxygen atoms in total. The molecule has 0 saturated carbocycles. The summed E-state index contributed by atoms with van der Waals surface area (Å²) < 4.78 is 5.24. The SMILES string of the molecule is COc1cccc2c1C=C(C=O)CC2. The van der Waals surface area contributed by atoms with Crippen molar-refractivity contribution in [1.82, 2.24) is 0 Å². The van der Waals surface area contributed by atoms with Gasteiger partial charge in [0.15, 0.2) is 0 Å². The van der Waals surface area contributed by atoms with Crippen molar-refractivity contribution in [2.45, 2.75) is 12.8 Å². The van der Waals surface area contributed by atoms with Crippen LogP contribution in [-0.4, -0.2) is 13.4 Å². The Morgan fingerprint density at radius 1 is 1.36 bits per heavy atom. The van der Waals surface area contributed by atoms with Crippen molar-refractivity contribution in [2.75, 3.05) is 7.11 Å². The molecule has 1 aliphatic carbocycles. The van der Waals surface area contributed by atoms with Crippen LogP contribution in [0.2, 0.25) is 0 Å². The Morgan fingerprint density at radius 2 is 2.21 bits per heavy atom. The first-order chi connectivity index (χ1) is 6.85. The van der Waals surface area contributed by atoms with E-state index < -0.39 is 0 Å². The van der Waals surface area contributed by atoms with Crippen LogP contribution >= 0.6 is 0 Å². The zero-order valence-electron chi connectivity index (χ0n) is 8.12. The third-order valence-electron chi connectivity index (χ3n) is 2.54. The molecule has 0 amide bonds. The van der Waals surface area contributed by atoms with E-state index in [0.717, 1.165) is 36.0 Å². The molecule has 0 aromatic heterocycles. The lowest BCUT2D eigenvalue weighted by molar-refractivity contribution is -0.105. The Balaban J connectivity index is 2.53. The quantitative estimate of drug-likeness (QED) is 0.665. The standard InChI is InChI=1S/C12H12O2/c1-14-12-4-2-3-10-6-5-9(8-13)7-11(10)12/h2-4,7-8H,5-6H2,1H3. The molecule has 14 heavy (non-hydrogen) atoms. The van der Waals surface area contributed by atoms with Crippen molar-refractivity contribution in [1.29, 1.82) is 0 Å². The second-order valence-electron chi connectivity index (χ2n) is 3.37. The van der Waals surface area contributed by atoms with Gasteiger partial charge in [0.05, 0.1) is 7.11 Å². The highest BCUT2D eigenvalue weighted by molar-refractivity contribution is 5.84. The van der Waals surface area contributed by atoms with Crippen LogP contribution in [-0.2, 0) is 11.2 Å². The number of hydrogen-bond donors (Lipinski definition) is 0. The number of rotatable bonds is 2. The normalized spacial score (nSPS) is 14.2. The summed E-state index contributed by atoms with van der Waals surface area (Å²) in [5, 5.41) is 0. The van der Waals surface area contributed by atoms with E-state index in [0.29, 0.717) is 0 Å². The van der Waals surface area contributed by atoms with Gasteiger partial charge in [0.25, 0.3) is 0 Å². The third kappa shape index (κ3) is 1.43. The molecule has 0 radical (unpaired) electrons. The van der Waals surface area contributed by atoms with Crippen molar-refractivity contribution >= 4 is 12.4 Å². The summed E-state index contributed by atoms with van der Waals surface area (Å²) in [6.45, 7) is 0. The van der Waals surface area contributed by atoms with E-state index in [9.17, 15) is 4.79 Å². The van der Waals surface area contributed by atoms with Crippen LogP contribution in [0, 0.1) is 0 Å². The first-order valence-corrected chi connectivity index (χ1v) is 4.67. The van der Waals surface area contributed by atoms with E-state index in [4.69, 9.17) is 4.74 Å². The summed E-state index contributed by atoms with van der Waals surface area (Å²) in [4.78, 5) is 10.7. The highest BCUT2D eigenvalue weighted by atomic mass is 16.5. The minimum Gasteiger partial charge on any atom is -0.496 e. The number of fused-ring (bicyclic) bond motifs is 1. The Labute approximate surface area is 83.2 Å². The number of aldehydes is 1. The molecule has 1 aliphatic rings. The molecule has 0 unspecified atom stereocenters. The third-order valence-corrected chi connectivity index (χ3v) is 2.54. The van der Waals surface area contributed by atoms with Crippen molar-refractivity contribution in [3.05, 3.63) is 34.9 Å². The van der Waals surface area contributed by atoms with Crippen LogP contribution in [0.5, 0.6) is 5.75 Å². The summed E-state index contributed by atoms with van der Waals surface area (Å²) in [6, 6.07) is 5.98. The van der Waals surface area contributed by atoms with Gasteiger partial charge in [-0.1, -0.05) is 12.1 Å². The molecule has 2 heteroatoms. The zero-order valence-corrected chi connectivity index (χ0v) is 8.12. The number of allylic oxidation sites excluding steroid dienone is 1. The van der Waals surface area contributed by atoms with Crippen LogP contribution < -0.4 is 4.74 Å². The van der Waals surface area contributed by atoms with Gasteiger partial charge in [0, 0.05) is 5.56 Å². The fourth-order valence-corrected chi connectivity index (χ4v) is 1.78. The lowest BCUT2D eigenvalue weighted by atomic mass is 9.92. The molecule has 0 N–H and O–H groups in total. The smallest absolute Gasteiger partial charge is 0.146 e. The number of benzene rings is 1. The molecule has 0 spiro atoms. The number of carbonyl (C=O) groups is 1. The van der Waals surface area contributed by atoms with Crippen molar-refractivity contribution in [3.8, 4) is 5.75 Å². The van der Waals surface area contributed by atoms with Gasteiger partial charge < -0.3 is 4.74 Å². The Morgan fingerprint density at radius 3 is 2.93 bits per heavy atom. The molecule has 0 fully saturated rings. The molecule has 1 aromatic rings.